The van der Waals surface area contributed by atoms with Gasteiger partial charge >= 0.3 is 6.18 Å². The maximum Gasteiger partial charge on any atom is 0.416 e. The molecule has 0 N–H and O–H groups in total. The average Bonchev–Trinajstić information content (AvgIpc) is 2.61. The molecule has 0 bridgehead atoms. The van der Waals surface area contributed by atoms with Crippen LogP contribution in [0.15, 0.2) is 58.8 Å². The fourth-order valence-electron chi connectivity index (χ4n) is 2.83. The molecule has 3 rings (SSSR count). The highest BCUT2D eigenvalue weighted by molar-refractivity contribution is 5.53. The lowest BCUT2D eigenvalue weighted by Crippen LogP contribution is -2.32. The summed E-state index contributed by atoms with van der Waals surface area (Å²) in [5, 5.41) is 8.09. The Kier molecular flexibility index (Phi) is 5.06. The summed E-state index contributed by atoms with van der Waals surface area (Å²) < 4.78 is 37.6. The maximum absolute atomic E-state index is 12.5. The summed E-state index contributed by atoms with van der Waals surface area (Å²) >= 11 is 0. The van der Waals surface area contributed by atoms with Gasteiger partial charge in [0.15, 0.2) is 0 Å². The third kappa shape index (κ3) is 4.59. The largest absolute Gasteiger partial charge is 0.416 e. The van der Waals surface area contributed by atoms with E-state index in [1.807, 2.05) is 24.3 Å². The summed E-state index contributed by atoms with van der Waals surface area (Å²) in [4.78, 5) is 2.36. The molecule has 0 radical (unpaired) electrons. The molecule has 6 heteroatoms. The number of anilines is 1. The van der Waals surface area contributed by atoms with E-state index in [1.54, 1.807) is 0 Å². The molecule has 0 atom stereocenters. The van der Waals surface area contributed by atoms with Crippen LogP contribution in [0.3, 0.4) is 0 Å². The average molecular weight is 347 g/mol. The number of alkyl halides is 3. The van der Waals surface area contributed by atoms with E-state index in [0.717, 1.165) is 31.1 Å². The monoisotopic (exact) mass is 347 g/mol. The molecule has 1 aliphatic rings. The zero-order chi connectivity index (χ0) is 17.9. The molecule has 0 amide bonds. The summed E-state index contributed by atoms with van der Waals surface area (Å²) in [6.07, 6.45) is -1.93. The highest BCUT2D eigenvalue weighted by atomic mass is 19.4. The van der Waals surface area contributed by atoms with E-state index < -0.39 is 11.7 Å². The van der Waals surface area contributed by atoms with Crippen molar-refractivity contribution in [1.29, 1.82) is 0 Å². The number of azo groups is 1. The molecule has 25 heavy (non-hydrogen) atoms. The van der Waals surface area contributed by atoms with Crippen molar-refractivity contribution in [2.24, 2.45) is 16.1 Å². The molecule has 1 aliphatic heterocycles. The zero-order valence-electron chi connectivity index (χ0n) is 14.0. The molecule has 2 aromatic rings. The number of hydrogen-bond donors (Lipinski definition) is 0. The molecule has 0 spiro atoms. The molecule has 132 valence electrons. The van der Waals surface area contributed by atoms with Gasteiger partial charge < -0.3 is 4.90 Å². The third-order valence-corrected chi connectivity index (χ3v) is 4.47. The number of rotatable bonds is 3. The SMILES string of the molecule is CC1CCN(c2ccc(N=Nc3ccc(C(F)(F)F)cc3)cc2)CC1. The molecule has 0 unspecified atom stereocenters. The Balaban J connectivity index is 1.64. The summed E-state index contributed by atoms with van der Waals surface area (Å²) in [6.45, 7) is 4.41. The second kappa shape index (κ2) is 7.25. The van der Waals surface area contributed by atoms with Gasteiger partial charge in [-0.3, -0.25) is 0 Å². The standard InChI is InChI=1S/C19H20F3N3/c1-14-10-12-25(13-11-14)18-8-6-17(7-9-18)24-23-16-4-2-15(3-5-16)19(20,21)22/h2-9,14H,10-13H2,1H3. The van der Waals surface area contributed by atoms with Crippen LogP contribution < -0.4 is 4.90 Å². The quantitative estimate of drug-likeness (QED) is 0.594. The van der Waals surface area contributed by atoms with Gasteiger partial charge in [-0.2, -0.15) is 23.4 Å². The van der Waals surface area contributed by atoms with Crippen LogP contribution in [0, 0.1) is 5.92 Å². The molecule has 1 heterocycles. The molecular weight excluding hydrogens is 327 g/mol. The van der Waals surface area contributed by atoms with Crippen LogP contribution in [0.25, 0.3) is 0 Å². The minimum absolute atomic E-state index is 0.391. The summed E-state index contributed by atoms with van der Waals surface area (Å²) in [7, 11) is 0. The smallest absolute Gasteiger partial charge is 0.372 e. The molecule has 1 saturated heterocycles. The van der Waals surface area contributed by atoms with Crippen molar-refractivity contribution in [1.82, 2.24) is 0 Å². The van der Waals surface area contributed by atoms with Crippen molar-refractivity contribution < 1.29 is 13.2 Å². The Bertz CT molecular complexity index is 713. The molecule has 3 nitrogen and oxygen atoms in total. The van der Waals surface area contributed by atoms with Crippen LogP contribution >= 0.6 is 0 Å². The molecule has 0 saturated carbocycles. The zero-order valence-corrected chi connectivity index (χ0v) is 14.0. The van der Waals surface area contributed by atoms with E-state index in [0.29, 0.717) is 11.4 Å². The highest BCUT2D eigenvalue weighted by Crippen LogP contribution is 2.31. The molecule has 0 aromatic heterocycles. The van der Waals surface area contributed by atoms with Gasteiger partial charge in [0, 0.05) is 18.8 Å². The van der Waals surface area contributed by atoms with E-state index in [2.05, 4.69) is 22.1 Å². The first kappa shape index (κ1) is 17.5. The lowest BCUT2D eigenvalue weighted by atomic mass is 9.99. The molecule has 0 aliphatic carbocycles. The predicted molar refractivity (Wildman–Crippen MR) is 92.7 cm³/mol. The fraction of sp³-hybridized carbons (Fsp3) is 0.368. The lowest BCUT2D eigenvalue weighted by Gasteiger charge is -2.32. The predicted octanol–water partition coefficient (Wildman–Crippen LogP) is 6.36. The normalized spacial score (nSPS) is 16.6. The minimum Gasteiger partial charge on any atom is -0.372 e. The van der Waals surface area contributed by atoms with Crippen LogP contribution in [0.5, 0.6) is 0 Å². The second-order valence-corrected chi connectivity index (χ2v) is 6.43. The molecule has 2 aromatic carbocycles. The van der Waals surface area contributed by atoms with Gasteiger partial charge in [0.05, 0.1) is 16.9 Å². The van der Waals surface area contributed by atoms with Crippen molar-refractivity contribution in [2.45, 2.75) is 25.9 Å². The third-order valence-electron chi connectivity index (χ3n) is 4.47. The van der Waals surface area contributed by atoms with Crippen LogP contribution in [0.2, 0.25) is 0 Å². The fourth-order valence-corrected chi connectivity index (χ4v) is 2.83. The first-order valence-corrected chi connectivity index (χ1v) is 8.36. The Morgan fingerprint density at radius 2 is 1.32 bits per heavy atom. The number of benzene rings is 2. The van der Waals surface area contributed by atoms with E-state index >= 15 is 0 Å². The van der Waals surface area contributed by atoms with Gasteiger partial charge in [-0.15, -0.1) is 0 Å². The van der Waals surface area contributed by atoms with Crippen molar-refractivity contribution >= 4 is 17.1 Å². The van der Waals surface area contributed by atoms with Gasteiger partial charge in [-0.25, -0.2) is 0 Å². The van der Waals surface area contributed by atoms with Crippen molar-refractivity contribution in [3.63, 3.8) is 0 Å². The topological polar surface area (TPSA) is 28.0 Å². The second-order valence-electron chi connectivity index (χ2n) is 6.43. The van der Waals surface area contributed by atoms with Gasteiger partial charge in [-0.05, 0) is 67.3 Å². The minimum atomic E-state index is -4.34. The number of piperidine rings is 1. The first-order valence-electron chi connectivity index (χ1n) is 8.36. The van der Waals surface area contributed by atoms with Gasteiger partial charge in [-0.1, -0.05) is 6.92 Å². The van der Waals surface area contributed by atoms with Crippen LogP contribution in [-0.4, -0.2) is 13.1 Å². The van der Waals surface area contributed by atoms with Crippen molar-refractivity contribution in [2.75, 3.05) is 18.0 Å². The molecule has 1 fully saturated rings. The Labute approximate surface area is 145 Å². The van der Waals surface area contributed by atoms with E-state index in [1.165, 1.54) is 30.7 Å². The number of halogens is 3. The Morgan fingerprint density at radius 1 is 0.840 bits per heavy atom. The van der Waals surface area contributed by atoms with Crippen LogP contribution in [0.4, 0.5) is 30.2 Å². The summed E-state index contributed by atoms with van der Waals surface area (Å²) in [6, 6.07) is 12.4. The molecular formula is C19H20F3N3. The van der Waals surface area contributed by atoms with Crippen LogP contribution in [0.1, 0.15) is 25.3 Å². The Hall–Kier alpha value is -2.37. The number of nitrogens with zero attached hydrogens (tertiary/aromatic N) is 3. The van der Waals surface area contributed by atoms with Gasteiger partial charge in [0.2, 0.25) is 0 Å². The summed E-state index contributed by atoms with van der Waals surface area (Å²) in [5.41, 5.74) is 1.54. The van der Waals surface area contributed by atoms with Gasteiger partial charge in [0.1, 0.15) is 0 Å². The maximum atomic E-state index is 12.5. The first-order chi connectivity index (χ1) is 11.9. The Morgan fingerprint density at radius 3 is 1.80 bits per heavy atom. The van der Waals surface area contributed by atoms with E-state index in [9.17, 15) is 13.2 Å². The van der Waals surface area contributed by atoms with Crippen molar-refractivity contribution in [3.05, 3.63) is 54.1 Å². The van der Waals surface area contributed by atoms with Crippen LogP contribution in [-0.2, 0) is 6.18 Å². The number of hydrogen-bond acceptors (Lipinski definition) is 3. The van der Waals surface area contributed by atoms with E-state index in [4.69, 9.17) is 0 Å². The summed E-state index contributed by atoms with van der Waals surface area (Å²) in [5.74, 6) is 0.785. The highest BCUT2D eigenvalue weighted by Gasteiger charge is 2.29. The van der Waals surface area contributed by atoms with Gasteiger partial charge in [0.25, 0.3) is 0 Å². The van der Waals surface area contributed by atoms with E-state index in [-0.39, 0.29) is 0 Å². The van der Waals surface area contributed by atoms with Crippen molar-refractivity contribution in [3.8, 4) is 0 Å². The lowest BCUT2D eigenvalue weighted by molar-refractivity contribution is -0.137.